The fraction of sp³-hybridized carbons (Fsp3) is 0.185. The van der Waals surface area contributed by atoms with Crippen molar-refractivity contribution in [3.8, 4) is 0 Å². The van der Waals surface area contributed by atoms with E-state index in [2.05, 4.69) is 20.8 Å². The summed E-state index contributed by atoms with van der Waals surface area (Å²) in [6, 6.07) is 22.7. The molecule has 0 saturated carbocycles. The van der Waals surface area contributed by atoms with Crippen LogP contribution in [0, 0.1) is 0 Å². The molecule has 1 N–H and O–H groups in total. The van der Waals surface area contributed by atoms with E-state index in [1.165, 1.54) is 4.90 Å². The number of benzene rings is 3. The van der Waals surface area contributed by atoms with Gasteiger partial charge in [-0.25, -0.2) is 0 Å². The SMILES string of the molecule is CC(C)(C)c1ccc(C2/C(=C(/O)c3cccc(Cl)c3)C(=O)C(=O)N2c2ccccc2)cc1. The third-order valence-electron chi connectivity index (χ3n) is 5.67. The van der Waals surface area contributed by atoms with Crippen molar-refractivity contribution in [2.45, 2.75) is 32.2 Å². The molecular weight excluding hydrogens is 422 g/mol. The van der Waals surface area contributed by atoms with Crippen LogP contribution < -0.4 is 4.90 Å². The topological polar surface area (TPSA) is 57.6 Å². The fourth-order valence-corrected chi connectivity index (χ4v) is 4.15. The van der Waals surface area contributed by atoms with Gasteiger partial charge in [0, 0.05) is 16.3 Å². The zero-order valence-corrected chi connectivity index (χ0v) is 18.9. The van der Waals surface area contributed by atoms with E-state index in [1.54, 1.807) is 36.4 Å². The molecule has 1 amide bonds. The Kier molecular flexibility index (Phi) is 5.66. The third-order valence-corrected chi connectivity index (χ3v) is 5.90. The summed E-state index contributed by atoms with van der Waals surface area (Å²) in [5, 5.41) is 11.6. The number of aliphatic hydroxyl groups is 1. The number of aliphatic hydroxyl groups excluding tert-OH is 1. The Hall–Kier alpha value is -3.37. The Morgan fingerprint density at radius 1 is 0.906 bits per heavy atom. The minimum Gasteiger partial charge on any atom is -0.507 e. The number of rotatable bonds is 3. The number of carbonyl (C=O) groups is 2. The van der Waals surface area contributed by atoms with E-state index in [4.69, 9.17) is 11.6 Å². The summed E-state index contributed by atoms with van der Waals surface area (Å²) in [5.74, 6) is -1.64. The highest BCUT2D eigenvalue weighted by Crippen LogP contribution is 2.42. The summed E-state index contributed by atoms with van der Waals surface area (Å²) in [4.78, 5) is 27.7. The van der Waals surface area contributed by atoms with Crippen molar-refractivity contribution in [1.82, 2.24) is 0 Å². The molecule has 0 radical (unpaired) electrons. The monoisotopic (exact) mass is 445 g/mol. The van der Waals surface area contributed by atoms with E-state index >= 15 is 0 Å². The van der Waals surface area contributed by atoms with E-state index in [0.717, 1.165) is 11.1 Å². The number of amides is 1. The molecule has 4 rings (SSSR count). The van der Waals surface area contributed by atoms with E-state index in [9.17, 15) is 14.7 Å². The van der Waals surface area contributed by atoms with Crippen molar-refractivity contribution in [2.75, 3.05) is 4.90 Å². The first-order valence-electron chi connectivity index (χ1n) is 10.4. The van der Waals surface area contributed by atoms with Crippen LogP contribution in [0.4, 0.5) is 5.69 Å². The van der Waals surface area contributed by atoms with Crippen LogP contribution in [0.25, 0.3) is 5.76 Å². The maximum atomic E-state index is 13.2. The minimum atomic E-state index is -0.759. The second-order valence-electron chi connectivity index (χ2n) is 8.89. The molecule has 1 fully saturated rings. The molecule has 1 unspecified atom stereocenters. The van der Waals surface area contributed by atoms with Gasteiger partial charge in [-0.05, 0) is 40.8 Å². The maximum Gasteiger partial charge on any atom is 0.300 e. The van der Waals surface area contributed by atoms with Crippen LogP contribution in [0.3, 0.4) is 0 Å². The molecule has 3 aromatic carbocycles. The van der Waals surface area contributed by atoms with Crippen molar-refractivity contribution in [2.24, 2.45) is 0 Å². The Labute approximate surface area is 192 Å². The predicted octanol–water partition coefficient (Wildman–Crippen LogP) is 6.26. The average molecular weight is 446 g/mol. The number of Topliss-reactive ketones (excluding diaryl/α,β-unsaturated/α-hetero) is 1. The zero-order valence-electron chi connectivity index (χ0n) is 18.2. The number of nitrogens with zero attached hydrogens (tertiary/aromatic N) is 1. The smallest absolute Gasteiger partial charge is 0.300 e. The Morgan fingerprint density at radius 3 is 2.16 bits per heavy atom. The normalized spacial score (nSPS) is 18.2. The molecule has 1 aliphatic heterocycles. The number of ketones is 1. The third kappa shape index (κ3) is 3.94. The van der Waals surface area contributed by atoms with Gasteiger partial charge in [-0.3, -0.25) is 14.5 Å². The highest BCUT2D eigenvalue weighted by atomic mass is 35.5. The van der Waals surface area contributed by atoms with Gasteiger partial charge in [-0.2, -0.15) is 0 Å². The molecule has 0 spiro atoms. The minimum absolute atomic E-state index is 0.0411. The lowest BCUT2D eigenvalue weighted by Crippen LogP contribution is -2.29. The molecule has 3 aromatic rings. The first kappa shape index (κ1) is 21.8. The number of carbonyl (C=O) groups excluding carboxylic acids is 2. The molecular formula is C27H24ClNO3. The summed E-state index contributed by atoms with van der Waals surface area (Å²) < 4.78 is 0. The summed E-state index contributed by atoms with van der Waals surface area (Å²) in [5.41, 5.74) is 2.85. The lowest BCUT2D eigenvalue weighted by Gasteiger charge is -2.26. The van der Waals surface area contributed by atoms with E-state index in [1.807, 2.05) is 42.5 Å². The van der Waals surface area contributed by atoms with Crippen LogP contribution in [0.15, 0.2) is 84.4 Å². The zero-order chi connectivity index (χ0) is 23.0. The number of hydrogen-bond acceptors (Lipinski definition) is 3. The lowest BCUT2D eigenvalue weighted by molar-refractivity contribution is -0.132. The molecule has 1 atom stereocenters. The number of hydrogen-bond donors (Lipinski definition) is 1. The van der Waals surface area contributed by atoms with Crippen molar-refractivity contribution < 1.29 is 14.7 Å². The van der Waals surface area contributed by atoms with Crippen molar-refractivity contribution in [1.29, 1.82) is 0 Å². The first-order valence-corrected chi connectivity index (χ1v) is 10.8. The average Bonchev–Trinajstić information content (AvgIpc) is 3.04. The highest BCUT2D eigenvalue weighted by molar-refractivity contribution is 6.51. The van der Waals surface area contributed by atoms with E-state index < -0.39 is 17.7 Å². The summed E-state index contributed by atoms with van der Waals surface area (Å²) in [6.45, 7) is 6.37. The van der Waals surface area contributed by atoms with Gasteiger partial charge in [0.15, 0.2) is 0 Å². The molecule has 0 bridgehead atoms. The van der Waals surface area contributed by atoms with Gasteiger partial charge in [0.1, 0.15) is 5.76 Å². The number of halogens is 1. The molecule has 1 aliphatic rings. The second kappa shape index (κ2) is 8.29. The predicted molar refractivity (Wildman–Crippen MR) is 128 cm³/mol. The summed E-state index contributed by atoms with van der Waals surface area (Å²) >= 11 is 6.10. The van der Waals surface area contributed by atoms with Crippen LogP contribution in [0.1, 0.15) is 43.5 Å². The van der Waals surface area contributed by atoms with Gasteiger partial charge in [0.05, 0.1) is 11.6 Å². The first-order chi connectivity index (χ1) is 15.2. The Morgan fingerprint density at radius 2 is 1.56 bits per heavy atom. The van der Waals surface area contributed by atoms with Crippen LogP contribution in [0.2, 0.25) is 5.02 Å². The van der Waals surface area contributed by atoms with Gasteiger partial charge >= 0.3 is 0 Å². The number of anilines is 1. The molecule has 4 nitrogen and oxygen atoms in total. The fourth-order valence-electron chi connectivity index (χ4n) is 3.96. The van der Waals surface area contributed by atoms with Crippen molar-refractivity contribution >= 4 is 34.7 Å². The Bertz CT molecular complexity index is 1210. The van der Waals surface area contributed by atoms with Crippen molar-refractivity contribution in [3.05, 3.63) is 106 Å². The van der Waals surface area contributed by atoms with E-state index in [-0.39, 0.29) is 16.7 Å². The van der Waals surface area contributed by atoms with Crippen molar-refractivity contribution in [3.63, 3.8) is 0 Å². The highest BCUT2D eigenvalue weighted by Gasteiger charge is 2.46. The van der Waals surface area contributed by atoms with Crippen LogP contribution in [0.5, 0.6) is 0 Å². The van der Waals surface area contributed by atoms with Crippen LogP contribution >= 0.6 is 11.6 Å². The molecule has 0 aromatic heterocycles. The Balaban J connectivity index is 1.93. The van der Waals surface area contributed by atoms with Gasteiger partial charge < -0.3 is 5.11 Å². The number of para-hydroxylation sites is 1. The molecule has 162 valence electrons. The molecule has 1 heterocycles. The van der Waals surface area contributed by atoms with Gasteiger partial charge in [-0.1, -0.05) is 87.0 Å². The lowest BCUT2D eigenvalue weighted by atomic mass is 9.85. The van der Waals surface area contributed by atoms with Gasteiger partial charge in [0.2, 0.25) is 0 Å². The van der Waals surface area contributed by atoms with Crippen LogP contribution in [-0.4, -0.2) is 16.8 Å². The largest absolute Gasteiger partial charge is 0.507 e. The standard InChI is InChI=1S/C27H24ClNO3/c1-27(2,3)19-14-12-17(13-15-19)23-22(24(30)18-8-7-9-20(28)16-18)25(31)26(32)29(23)21-10-5-4-6-11-21/h4-16,23,30H,1-3H3/b24-22-. The summed E-state index contributed by atoms with van der Waals surface area (Å²) in [6.07, 6.45) is 0. The van der Waals surface area contributed by atoms with Crippen LogP contribution in [-0.2, 0) is 15.0 Å². The van der Waals surface area contributed by atoms with E-state index in [0.29, 0.717) is 16.3 Å². The quantitative estimate of drug-likeness (QED) is 0.294. The molecule has 1 saturated heterocycles. The second-order valence-corrected chi connectivity index (χ2v) is 9.32. The maximum absolute atomic E-state index is 13.2. The van der Waals surface area contributed by atoms with Gasteiger partial charge in [0.25, 0.3) is 11.7 Å². The van der Waals surface area contributed by atoms with Gasteiger partial charge in [-0.15, -0.1) is 0 Å². The molecule has 5 heteroatoms. The summed E-state index contributed by atoms with van der Waals surface area (Å²) in [7, 11) is 0. The molecule has 32 heavy (non-hydrogen) atoms. The molecule has 0 aliphatic carbocycles.